The molecule has 1 saturated carbocycles. The number of pyridine rings is 1. The number of aromatic nitrogens is 1. The van der Waals surface area contributed by atoms with Gasteiger partial charge in [-0.3, -0.25) is 0 Å². The Balaban J connectivity index is 1.62. The second-order valence-electron chi connectivity index (χ2n) is 8.90. The van der Waals surface area contributed by atoms with Crippen LogP contribution in [-0.4, -0.2) is 11.2 Å². The predicted molar refractivity (Wildman–Crippen MR) is 148 cm³/mol. The van der Waals surface area contributed by atoms with Gasteiger partial charge in [-0.1, -0.05) is 55.3 Å². The molecule has 0 bridgehead atoms. The first kappa shape index (κ1) is 22.1. The Kier molecular flexibility index (Phi) is 6.45. The van der Waals surface area contributed by atoms with Gasteiger partial charge in [0.1, 0.15) is 5.58 Å². The van der Waals surface area contributed by atoms with Crippen molar-refractivity contribution in [2.24, 2.45) is 3.21 Å². The van der Waals surface area contributed by atoms with Gasteiger partial charge in [0.2, 0.25) is 5.71 Å². The molecule has 2 heterocycles. The van der Waals surface area contributed by atoms with E-state index in [1.165, 1.54) is 42.4 Å². The molecule has 0 atom stereocenters. The topological polar surface area (TPSA) is 38.4 Å². The fourth-order valence-electron chi connectivity index (χ4n) is 5.14. The quantitative estimate of drug-likeness (QED) is 0.143. The third kappa shape index (κ3) is 4.41. The molecule has 166 valence electrons. The van der Waals surface area contributed by atoms with Crippen molar-refractivity contribution in [3.05, 3.63) is 89.1 Å². The Hall–Kier alpha value is -2.73. The van der Waals surface area contributed by atoms with E-state index in [9.17, 15) is 0 Å². The molecule has 1 aliphatic carbocycles. The van der Waals surface area contributed by atoms with Gasteiger partial charge in [0.25, 0.3) is 0 Å². The summed E-state index contributed by atoms with van der Waals surface area (Å²) in [7, 11) is 0. The maximum Gasteiger partial charge on any atom is 0.227 e. The number of nitrogens with zero attached hydrogens (tertiary/aromatic N) is 2. The summed E-state index contributed by atoms with van der Waals surface area (Å²) in [6.45, 7) is 4.31. The van der Waals surface area contributed by atoms with Crippen LogP contribution in [0.2, 0.25) is 0 Å². The molecule has 2 aromatic carbocycles. The second kappa shape index (κ2) is 9.64. The number of benzene rings is 2. The van der Waals surface area contributed by atoms with Gasteiger partial charge in [0.15, 0.2) is 0 Å². The van der Waals surface area contributed by atoms with Crippen molar-refractivity contribution in [2.75, 3.05) is 0 Å². The van der Waals surface area contributed by atoms with E-state index in [0.29, 0.717) is 11.6 Å². The van der Waals surface area contributed by atoms with Crippen LogP contribution in [0, 0.1) is 6.92 Å². The molecule has 2 aromatic heterocycles. The second-order valence-corrected chi connectivity index (χ2v) is 9.45. The highest BCUT2D eigenvalue weighted by Crippen LogP contribution is 2.37. The zero-order chi connectivity index (χ0) is 22.8. The third-order valence-corrected chi connectivity index (χ3v) is 7.07. The highest BCUT2D eigenvalue weighted by molar-refractivity contribution is 14.1. The molecule has 0 amide bonds. The summed E-state index contributed by atoms with van der Waals surface area (Å²) in [6, 6.07) is 17.4. The maximum absolute atomic E-state index is 6.24. The van der Waals surface area contributed by atoms with Crippen molar-refractivity contribution < 1.29 is 4.42 Å². The van der Waals surface area contributed by atoms with Crippen LogP contribution in [0.4, 0.5) is 0 Å². The van der Waals surface area contributed by atoms with Gasteiger partial charge in [-0.15, -0.1) is 0 Å². The van der Waals surface area contributed by atoms with Crippen molar-refractivity contribution >= 4 is 62.3 Å². The van der Waals surface area contributed by atoms with Gasteiger partial charge >= 0.3 is 0 Å². The molecule has 0 saturated heterocycles. The fraction of sp³-hybridized carbons (Fsp3) is 0.241. The highest BCUT2D eigenvalue weighted by atomic mass is 127. The van der Waals surface area contributed by atoms with E-state index in [2.05, 4.69) is 76.7 Å². The number of hydrogen-bond acceptors (Lipinski definition) is 3. The van der Waals surface area contributed by atoms with E-state index in [1.54, 1.807) is 6.20 Å². The Morgan fingerprint density at radius 1 is 1.09 bits per heavy atom. The summed E-state index contributed by atoms with van der Waals surface area (Å²) < 4.78 is 10.4. The maximum atomic E-state index is 6.24. The van der Waals surface area contributed by atoms with E-state index in [0.717, 1.165) is 33.1 Å². The van der Waals surface area contributed by atoms with E-state index in [-0.39, 0.29) is 0 Å². The van der Waals surface area contributed by atoms with Crippen molar-refractivity contribution in [3.8, 4) is 0 Å². The van der Waals surface area contributed by atoms with Gasteiger partial charge in [-0.05, 0) is 78.7 Å². The third-order valence-electron chi connectivity index (χ3n) is 6.75. The summed E-state index contributed by atoms with van der Waals surface area (Å²) in [5, 5.41) is 2.16. The lowest BCUT2D eigenvalue weighted by Crippen LogP contribution is -1.94. The normalized spacial score (nSPS) is 16.0. The van der Waals surface area contributed by atoms with Crippen molar-refractivity contribution in [2.45, 2.75) is 45.4 Å². The molecule has 1 aliphatic rings. The van der Waals surface area contributed by atoms with Crippen LogP contribution < -0.4 is 0 Å². The number of furan rings is 1. The highest BCUT2D eigenvalue weighted by Gasteiger charge is 2.18. The molecule has 0 N–H and O–H groups in total. The molecule has 4 aromatic rings. The molecular weight excluding hydrogens is 519 g/mol. The van der Waals surface area contributed by atoms with Crippen molar-refractivity contribution in [3.63, 3.8) is 0 Å². The first-order valence-electron chi connectivity index (χ1n) is 11.6. The summed E-state index contributed by atoms with van der Waals surface area (Å²) in [4.78, 5) is 4.43. The summed E-state index contributed by atoms with van der Waals surface area (Å²) >= 11 is 2.03. The van der Waals surface area contributed by atoms with Crippen molar-refractivity contribution in [1.29, 1.82) is 0 Å². The lowest BCUT2D eigenvalue weighted by atomic mass is 9.92. The fourth-order valence-corrected chi connectivity index (χ4v) is 5.30. The average molecular weight is 546 g/mol. The van der Waals surface area contributed by atoms with Gasteiger partial charge in [0, 0.05) is 28.7 Å². The molecule has 0 unspecified atom stereocenters. The lowest BCUT2D eigenvalue weighted by Gasteiger charge is -2.13. The van der Waals surface area contributed by atoms with E-state index in [4.69, 9.17) is 4.42 Å². The number of fused-ring (bicyclic) bond motifs is 3. The van der Waals surface area contributed by atoms with Gasteiger partial charge < -0.3 is 4.42 Å². The largest absolute Gasteiger partial charge is 0.437 e. The van der Waals surface area contributed by atoms with Crippen LogP contribution in [0.3, 0.4) is 0 Å². The molecule has 1 fully saturated rings. The Morgan fingerprint density at radius 2 is 1.94 bits per heavy atom. The SMILES string of the molecule is C/C(=C\C(=C/C=NI)c1cccc(C2CCCC2)c1)c1c(C)ccc2c1oc1ncccc12. The zero-order valence-electron chi connectivity index (χ0n) is 19.0. The molecule has 0 aliphatic heterocycles. The molecule has 0 radical (unpaired) electrons. The van der Waals surface area contributed by atoms with Gasteiger partial charge in [-0.25, -0.2) is 8.19 Å². The van der Waals surface area contributed by atoms with E-state index < -0.39 is 0 Å². The van der Waals surface area contributed by atoms with E-state index in [1.807, 2.05) is 35.1 Å². The standard InChI is InChI=1S/C29H27IN2O/c1-19-12-13-25-26-11-6-15-31-29(26)33-28(25)27(19)20(2)17-24(14-16-32-30)23-10-5-9-22(18-23)21-7-3-4-8-21/h5-6,9-18,21H,3-4,7-8H2,1-2H3/b20-17+,24-14+,32-16?. The average Bonchev–Trinajstić information content (AvgIpc) is 3.50. The monoisotopic (exact) mass is 546 g/mol. The minimum atomic E-state index is 0.684. The lowest BCUT2D eigenvalue weighted by molar-refractivity contribution is 0.652. The molecule has 3 nitrogen and oxygen atoms in total. The number of hydrogen-bond donors (Lipinski definition) is 0. The predicted octanol–water partition coefficient (Wildman–Crippen LogP) is 8.85. The first-order valence-corrected chi connectivity index (χ1v) is 12.5. The Morgan fingerprint density at radius 3 is 2.76 bits per heavy atom. The summed E-state index contributed by atoms with van der Waals surface area (Å²) in [5.74, 6) is 0.688. The summed E-state index contributed by atoms with van der Waals surface area (Å²) in [6.07, 6.45) is 13.3. The molecule has 5 rings (SSSR count). The smallest absolute Gasteiger partial charge is 0.227 e. The van der Waals surface area contributed by atoms with E-state index >= 15 is 0 Å². The zero-order valence-corrected chi connectivity index (χ0v) is 21.2. The molecule has 33 heavy (non-hydrogen) atoms. The van der Waals surface area contributed by atoms with Crippen LogP contribution in [0.1, 0.15) is 60.8 Å². The molecular formula is C29H27IN2O. The van der Waals surface area contributed by atoms with Gasteiger partial charge in [-0.2, -0.15) is 0 Å². The van der Waals surface area contributed by atoms with Crippen LogP contribution in [0.25, 0.3) is 33.2 Å². The Labute approximate surface area is 208 Å². The first-order chi connectivity index (χ1) is 16.2. The number of aryl methyl sites for hydroxylation is 1. The summed E-state index contributed by atoms with van der Waals surface area (Å²) in [5.41, 5.74) is 8.91. The van der Waals surface area contributed by atoms with Crippen LogP contribution in [0.5, 0.6) is 0 Å². The Bertz CT molecular complexity index is 1400. The number of rotatable bonds is 5. The minimum Gasteiger partial charge on any atom is -0.437 e. The number of allylic oxidation sites excluding steroid dienone is 4. The molecule has 0 spiro atoms. The minimum absolute atomic E-state index is 0.684. The number of halogens is 1. The van der Waals surface area contributed by atoms with Crippen LogP contribution in [0.15, 0.2) is 74.5 Å². The van der Waals surface area contributed by atoms with Crippen LogP contribution in [-0.2, 0) is 0 Å². The van der Waals surface area contributed by atoms with Crippen LogP contribution >= 0.6 is 22.9 Å². The van der Waals surface area contributed by atoms with Gasteiger partial charge in [0.05, 0.1) is 22.9 Å². The van der Waals surface area contributed by atoms with Crippen molar-refractivity contribution in [1.82, 2.24) is 4.98 Å². The molecule has 4 heteroatoms.